The first-order valence-corrected chi connectivity index (χ1v) is 8.66. The van der Waals surface area contributed by atoms with Gasteiger partial charge in [-0.2, -0.15) is 5.32 Å². The Morgan fingerprint density at radius 2 is 2.11 bits per heavy atom. The first kappa shape index (κ1) is 16.8. The van der Waals surface area contributed by atoms with Gasteiger partial charge in [0.05, 0.1) is 0 Å². The lowest BCUT2D eigenvalue weighted by Gasteiger charge is -2.22. The summed E-state index contributed by atoms with van der Waals surface area (Å²) in [4.78, 5) is 27.7. The number of pyridine rings is 1. The number of amides is 2. The Morgan fingerprint density at radius 3 is 2.96 bits per heavy atom. The molecule has 27 heavy (non-hydrogen) atoms. The van der Waals surface area contributed by atoms with Gasteiger partial charge in [-0.25, -0.2) is 4.98 Å². The predicted molar refractivity (Wildman–Crippen MR) is 103 cm³/mol. The van der Waals surface area contributed by atoms with Crippen LogP contribution in [0.2, 0.25) is 0 Å². The van der Waals surface area contributed by atoms with Crippen molar-refractivity contribution < 1.29 is 9.59 Å². The number of hydrogen-bond donors (Lipinski definition) is 1. The van der Waals surface area contributed by atoms with Gasteiger partial charge < -0.3 is 5.32 Å². The Morgan fingerprint density at radius 1 is 1.22 bits per heavy atom. The molecule has 5 heteroatoms. The van der Waals surface area contributed by atoms with Crippen molar-refractivity contribution in [2.24, 2.45) is 0 Å². The van der Waals surface area contributed by atoms with Gasteiger partial charge in [-0.1, -0.05) is 30.1 Å². The standard InChI is InChI=1S/C22H16N3O2/c1-14(26)24-17-6-4-5-15(13-17)9-10-16-11-12-23-21-20(16)18-7-2-3-8-19(18)22(27)25-21/h2,4-7,11-13H,3,8H2,1H3,(H,24,26). The highest BCUT2D eigenvalue weighted by Crippen LogP contribution is 2.37. The largest absolute Gasteiger partial charge is 0.326 e. The summed E-state index contributed by atoms with van der Waals surface area (Å²) in [6.07, 6.45) is 7.17. The van der Waals surface area contributed by atoms with Crippen LogP contribution in [0.15, 0.2) is 54.3 Å². The topological polar surface area (TPSA) is 73.2 Å². The van der Waals surface area contributed by atoms with Gasteiger partial charge in [0, 0.05) is 41.1 Å². The molecule has 0 unspecified atom stereocenters. The van der Waals surface area contributed by atoms with Gasteiger partial charge in [0.15, 0.2) is 5.82 Å². The molecule has 0 fully saturated rings. The van der Waals surface area contributed by atoms with Crippen LogP contribution in [-0.2, 0) is 9.59 Å². The lowest BCUT2D eigenvalue weighted by Crippen LogP contribution is -2.22. The average molecular weight is 354 g/mol. The van der Waals surface area contributed by atoms with Gasteiger partial charge in [-0.05, 0) is 42.7 Å². The van der Waals surface area contributed by atoms with Gasteiger partial charge in [0.1, 0.15) is 0 Å². The molecule has 1 aromatic heterocycles. The van der Waals surface area contributed by atoms with Crippen molar-refractivity contribution in [3.8, 4) is 11.8 Å². The minimum Gasteiger partial charge on any atom is -0.326 e. The second-order valence-electron chi connectivity index (χ2n) is 6.32. The van der Waals surface area contributed by atoms with Crippen LogP contribution in [0.4, 0.5) is 11.5 Å². The highest BCUT2D eigenvalue weighted by Gasteiger charge is 2.28. The van der Waals surface area contributed by atoms with Crippen molar-refractivity contribution in [2.45, 2.75) is 19.8 Å². The zero-order valence-electron chi connectivity index (χ0n) is 14.7. The van der Waals surface area contributed by atoms with E-state index in [4.69, 9.17) is 0 Å². The molecule has 131 valence electrons. The molecular weight excluding hydrogens is 338 g/mol. The molecule has 0 atom stereocenters. The lowest BCUT2D eigenvalue weighted by atomic mass is 9.87. The Bertz CT molecular complexity index is 1080. The lowest BCUT2D eigenvalue weighted by molar-refractivity contribution is -0.117. The number of carbonyl (C=O) groups is 2. The van der Waals surface area contributed by atoms with Gasteiger partial charge in [-0.15, -0.1) is 0 Å². The van der Waals surface area contributed by atoms with Crippen LogP contribution >= 0.6 is 0 Å². The second-order valence-corrected chi connectivity index (χ2v) is 6.32. The number of fused-ring (bicyclic) bond motifs is 2. The Balaban J connectivity index is 1.75. The van der Waals surface area contributed by atoms with Crippen LogP contribution in [0, 0.1) is 11.8 Å². The number of rotatable bonds is 1. The van der Waals surface area contributed by atoms with E-state index in [1.54, 1.807) is 6.20 Å². The number of carbonyl (C=O) groups excluding carboxylic acids is 2. The Hall–Kier alpha value is -3.65. The SMILES string of the molecule is CC(=O)Nc1cccc(C#Cc2ccnc3c2C2=C(CCC=C2)C(=O)[N]3)c1. The van der Waals surface area contributed by atoms with Crippen LogP contribution in [0.5, 0.6) is 0 Å². The normalized spacial score (nSPS) is 14.5. The van der Waals surface area contributed by atoms with E-state index >= 15 is 0 Å². The molecule has 5 nitrogen and oxygen atoms in total. The molecular formula is C22H16N3O2. The molecule has 0 saturated heterocycles. The highest BCUT2D eigenvalue weighted by atomic mass is 16.2. The number of aromatic nitrogens is 1. The molecule has 0 bridgehead atoms. The number of anilines is 1. The predicted octanol–water partition coefficient (Wildman–Crippen LogP) is 3.32. The molecule has 2 aromatic rings. The maximum absolute atomic E-state index is 12.2. The van der Waals surface area contributed by atoms with E-state index in [0.29, 0.717) is 17.9 Å². The van der Waals surface area contributed by atoms with Crippen LogP contribution in [0.3, 0.4) is 0 Å². The fraction of sp³-hybridized carbons (Fsp3) is 0.136. The van der Waals surface area contributed by atoms with Gasteiger partial charge in [0.2, 0.25) is 5.91 Å². The second kappa shape index (κ2) is 6.93. The number of nitrogens with one attached hydrogen (secondary N) is 1. The summed E-state index contributed by atoms with van der Waals surface area (Å²) in [6.45, 7) is 1.47. The van der Waals surface area contributed by atoms with E-state index in [1.807, 2.05) is 36.4 Å². The quantitative estimate of drug-likeness (QED) is 0.799. The molecule has 1 aliphatic heterocycles. The van der Waals surface area contributed by atoms with E-state index in [-0.39, 0.29) is 11.8 Å². The summed E-state index contributed by atoms with van der Waals surface area (Å²) >= 11 is 0. The molecule has 2 amide bonds. The summed E-state index contributed by atoms with van der Waals surface area (Å²) in [6, 6.07) is 9.19. The van der Waals surface area contributed by atoms with E-state index < -0.39 is 0 Å². The fourth-order valence-electron chi connectivity index (χ4n) is 3.21. The molecule has 4 rings (SSSR count). The zero-order valence-corrected chi connectivity index (χ0v) is 14.7. The Labute approximate surface area is 157 Å². The van der Waals surface area contributed by atoms with Crippen molar-refractivity contribution in [1.29, 1.82) is 0 Å². The maximum atomic E-state index is 12.2. The summed E-state index contributed by atoms with van der Waals surface area (Å²) in [7, 11) is 0. The summed E-state index contributed by atoms with van der Waals surface area (Å²) < 4.78 is 0. The van der Waals surface area contributed by atoms with Crippen molar-refractivity contribution in [1.82, 2.24) is 10.3 Å². The number of allylic oxidation sites excluding steroid dienone is 3. The molecule has 2 heterocycles. The molecule has 1 aliphatic carbocycles. The highest BCUT2D eigenvalue weighted by molar-refractivity contribution is 6.10. The molecule has 1 radical (unpaired) electrons. The molecule has 1 aromatic carbocycles. The van der Waals surface area contributed by atoms with Crippen LogP contribution in [0.25, 0.3) is 5.57 Å². The van der Waals surface area contributed by atoms with Gasteiger partial charge in [-0.3, -0.25) is 9.59 Å². The third-order valence-corrected chi connectivity index (χ3v) is 4.36. The summed E-state index contributed by atoms with van der Waals surface area (Å²) in [5.74, 6) is 6.39. The zero-order chi connectivity index (χ0) is 18.8. The minimum absolute atomic E-state index is 0.127. The number of nitrogens with zero attached hydrogens (tertiary/aromatic N) is 2. The van der Waals surface area contributed by atoms with E-state index in [0.717, 1.165) is 34.3 Å². The van der Waals surface area contributed by atoms with Crippen LogP contribution in [0.1, 0.15) is 36.5 Å². The van der Waals surface area contributed by atoms with Crippen molar-refractivity contribution in [3.63, 3.8) is 0 Å². The minimum atomic E-state index is -0.206. The van der Waals surface area contributed by atoms with Crippen molar-refractivity contribution in [3.05, 3.63) is 70.9 Å². The third kappa shape index (κ3) is 3.38. The summed E-state index contributed by atoms with van der Waals surface area (Å²) in [5.41, 5.74) is 4.68. The van der Waals surface area contributed by atoms with E-state index in [1.165, 1.54) is 6.92 Å². The van der Waals surface area contributed by atoms with Gasteiger partial charge in [0.25, 0.3) is 5.91 Å². The first-order chi connectivity index (χ1) is 13.1. The Kier molecular flexibility index (Phi) is 4.31. The monoisotopic (exact) mass is 354 g/mol. The smallest absolute Gasteiger partial charge is 0.275 e. The molecule has 2 aliphatic rings. The van der Waals surface area contributed by atoms with Crippen LogP contribution < -0.4 is 10.6 Å². The average Bonchev–Trinajstić information content (AvgIpc) is 2.66. The van der Waals surface area contributed by atoms with Gasteiger partial charge >= 0.3 is 0 Å². The van der Waals surface area contributed by atoms with E-state index in [2.05, 4.69) is 33.5 Å². The third-order valence-electron chi connectivity index (χ3n) is 4.36. The number of hydrogen-bond acceptors (Lipinski definition) is 3. The van der Waals surface area contributed by atoms with Crippen molar-refractivity contribution in [2.75, 3.05) is 5.32 Å². The first-order valence-electron chi connectivity index (χ1n) is 8.66. The number of benzene rings is 1. The molecule has 0 saturated carbocycles. The van der Waals surface area contributed by atoms with Crippen LogP contribution in [-0.4, -0.2) is 16.8 Å². The molecule has 1 N–H and O–H groups in total. The van der Waals surface area contributed by atoms with Crippen molar-refractivity contribution >= 4 is 28.9 Å². The maximum Gasteiger partial charge on any atom is 0.275 e. The molecule has 0 spiro atoms. The summed E-state index contributed by atoms with van der Waals surface area (Å²) in [5, 5.41) is 6.89. The van der Waals surface area contributed by atoms with E-state index in [9.17, 15) is 9.59 Å². The fourth-order valence-corrected chi connectivity index (χ4v) is 3.21.